The van der Waals surface area contributed by atoms with Crippen LogP contribution in [0, 0.1) is 5.41 Å². The fourth-order valence-electron chi connectivity index (χ4n) is 3.06. The van der Waals surface area contributed by atoms with Gasteiger partial charge in [0.15, 0.2) is 0 Å². The highest BCUT2D eigenvalue weighted by Crippen LogP contribution is 2.53. The van der Waals surface area contributed by atoms with Crippen molar-refractivity contribution in [1.82, 2.24) is 10.0 Å². The lowest BCUT2D eigenvalue weighted by atomic mass is 10.1. The lowest BCUT2D eigenvalue weighted by Gasteiger charge is -2.31. The molecule has 3 rings (SSSR count). The van der Waals surface area contributed by atoms with E-state index >= 15 is 0 Å². The maximum Gasteiger partial charge on any atom is 0.435 e. The second-order valence-electron chi connectivity index (χ2n) is 7.97. The highest BCUT2D eigenvalue weighted by molar-refractivity contribution is 5.87. The molecule has 1 saturated carbocycles. The lowest BCUT2D eigenvalue weighted by Crippen LogP contribution is -2.51. The minimum absolute atomic E-state index is 0.123. The van der Waals surface area contributed by atoms with Gasteiger partial charge < -0.3 is 9.47 Å². The molecular weight excluding hydrogens is 320 g/mol. The molecule has 1 saturated heterocycles. The van der Waals surface area contributed by atoms with Crippen LogP contribution in [0.25, 0.3) is 0 Å². The molecule has 1 aromatic carbocycles. The average molecular weight is 346 g/mol. The number of ether oxygens (including phenoxy) is 2. The number of rotatable bonds is 3. The Labute approximate surface area is 148 Å². The quantitative estimate of drug-likeness (QED) is 0.829. The Morgan fingerprint density at radius 1 is 1.12 bits per heavy atom. The van der Waals surface area contributed by atoms with Crippen molar-refractivity contribution in [2.24, 2.45) is 5.41 Å². The van der Waals surface area contributed by atoms with Gasteiger partial charge in [-0.15, -0.1) is 5.01 Å². The van der Waals surface area contributed by atoms with E-state index in [9.17, 15) is 9.59 Å². The first-order chi connectivity index (χ1) is 11.8. The largest absolute Gasteiger partial charge is 0.443 e. The molecular formula is C19H26N2O4. The zero-order chi connectivity index (χ0) is 18.1. The molecule has 6 nitrogen and oxygen atoms in total. The van der Waals surface area contributed by atoms with Crippen LogP contribution in [0.1, 0.15) is 45.6 Å². The maximum atomic E-state index is 12.6. The van der Waals surface area contributed by atoms with Crippen LogP contribution >= 0.6 is 0 Å². The molecule has 0 unspecified atom stereocenters. The first kappa shape index (κ1) is 17.7. The molecule has 1 spiro atoms. The number of hydrogen-bond donors (Lipinski definition) is 0. The predicted molar refractivity (Wildman–Crippen MR) is 92.6 cm³/mol. The van der Waals surface area contributed by atoms with Crippen molar-refractivity contribution in [2.75, 3.05) is 13.1 Å². The van der Waals surface area contributed by atoms with Gasteiger partial charge in [0.25, 0.3) is 0 Å². The van der Waals surface area contributed by atoms with Crippen LogP contribution in [0.3, 0.4) is 0 Å². The highest BCUT2D eigenvalue weighted by Gasteiger charge is 2.51. The summed E-state index contributed by atoms with van der Waals surface area (Å²) in [5, 5.41) is 2.82. The van der Waals surface area contributed by atoms with E-state index in [0.29, 0.717) is 13.1 Å². The van der Waals surface area contributed by atoms with Crippen LogP contribution in [-0.2, 0) is 16.1 Å². The van der Waals surface area contributed by atoms with E-state index in [4.69, 9.17) is 9.47 Å². The van der Waals surface area contributed by atoms with E-state index in [0.717, 1.165) is 29.8 Å². The lowest BCUT2D eigenvalue weighted by molar-refractivity contribution is -0.0393. The molecule has 1 aromatic rings. The van der Waals surface area contributed by atoms with E-state index < -0.39 is 17.8 Å². The number of imide groups is 1. The summed E-state index contributed by atoms with van der Waals surface area (Å²) in [6.07, 6.45) is 1.95. The van der Waals surface area contributed by atoms with Gasteiger partial charge in [0.2, 0.25) is 0 Å². The Bertz CT molecular complexity index is 635. The third-order valence-corrected chi connectivity index (χ3v) is 4.60. The number of amides is 2. The molecule has 0 atom stereocenters. The standard InChI is InChI=1S/C19H26N2O4/c1-18(2,3)25-17(23)21(20-12-11-19(14-20)9-10-19)16(22)24-13-15-7-5-4-6-8-15/h4-8H,9-14H2,1-3H3. The van der Waals surface area contributed by atoms with Crippen LogP contribution < -0.4 is 0 Å². The number of benzene rings is 1. The molecule has 136 valence electrons. The van der Waals surface area contributed by atoms with Crippen molar-refractivity contribution in [1.29, 1.82) is 0 Å². The Morgan fingerprint density at radius 2 is 1.80 bits per heavy atom. The highest BCUT2D eigenvalue weighted by atomic mass is 16.6. The van der Waals surface area contributed by atoms with Gasteiger partial charge in [-0.1, -0.05) is 30.3 Å². The van der Waals surface area contributed by atoms with Gasteiger partial charge >= 0.3 is 12.2 Å². The molecule has 1 aliphatic carbocycles. The number of nitrogens with zero attached hydrogens (tertiary/aromatic N) is 2. The molecule has 0 aromatic heterocycles. The third kappa shape index (κ3) is 4.51. The van der Waals surface area contributed by atoms with Gasteiger partial charge in [-0.05, 0) is 51.0 Å². The summed E-state index contributed by atoms with van der Waals surface area (Å²) in [6.45, 7) is 6.84. The van der Waals surface area contributed by atoms with Crippen molar-refractivity contribution in [2.45, 2.75) is 52.2 Å². The molecule has 2 fully saturated rings. The van der Waals surface area contributed by atoms with Crippen LogP contribution in [0.2, 0.25) is 0 Å². The van der Waals surface area contributed by atoms with Crippen molar-refractivity contribution < 1.29 is 19.1 Å². The number of hydrazine groups is 1. The van der Waals surface area contributed by atoms with Crippen LogP contribution in [0.4, 0.5) is 9.59 Å². The molecule has 1 aliphatic heterocycles. The van der Waals surface area contributed by atoms with E-state index in [-0.39, 0.29) is 12.0 Å². The van der Waals surface area contributed by atoms with Gasteiger partial charge in [0.05, 0.1) is 0 Å². The summed E-state index contributed by atoms with van der Waals surface area (Å²) >= 11 is 0. The smallest absolute Gasteiger partial charge is 0.435 e. The van der Waals surface area contributed by atoms with Gasteiger partial charge in [-0.2, -0.15) is 0 Å². The Hall–Kier alpha value is -2.08. The van der Waals surface area contributed by atoms with Gasteiger partial charge in [-0.3, -0.25) is 0 Å². The predicted octanol–water partition coefficient (Wildman–Crippen LogP) is 3.96. The van der Waals surface area contributed by atoms with Crippen molar-refractivity contribution in [3.05, 3.63) is 35.9 Å². The Balaban J connectivity index is 1.68. The minimum Gasteiger partial charge on any atom is -0.443 e. The summed E-state index contributed by atoms with van der Waals surface area (Å²) in [5.74, 6) is 0. The normalized spacial score (nSPS) is 18.8. The van der Waals surface area contributed by atoms with Crippen LogP contribution in [0.15, 0.2) is 30.3 Å². The van der Waals surface area contributed by atoms with E-state index in [1.165, 1.54) is 0 Å². The summed E-state index contributed by atoms with van der Waals surface area (Å²) in [7, 11) is 0. The summed E-state index contributed by atoms with van der Waals surface area (Å²) < 4.78 is 10.8. The number of hydrogen-bond acceptors (Lipinski definition) is 5. The monoisotopic (exact) mass is 346 g/mol. The van der Waals surface area contributed by atoms with E-state index in [1.807, 2.05) is 30.3 Å². The minimum atomic E-state index is -0.684. The first-order valence-electron chi connectivity index (χ1n) is 8.77. The third-order valence-electron chi connectivity index (χ3n) is 4.60. The first-order valence-corrected chi connectivity index (χ1v) is 8.77. The van der Waals surface area contributed by atoms with Gasteiger partial charge in [0.1, 0.15) is 12.2 Å². The van der Waals surface area contributed by atoms with Gasteiger partial charge in [0, 0.05) is 13.1 Å². The second-order valence-corrected chi connectivity index (χ2v) is 7.97. The summed E-state index contributed by atoms with van der Waals surface area (Å²) in [4.78, 5) is 25.2. The fourth-order valence-corrected chi connectivity index (χ4v) is 3.06. The maximum absolute atomic E-state index is 12.6. The zero-order valence-electron chi connectivity index (χ0n) is 15.2. The molecule has 6 heteroatoms. The number of carbonyl (C=O) groups excluding carboxylic acids is 2. The molecule has 1 heterocycles. The van der Waals surface area contributed by atoms with Gasteiger partial charge in [-0.25, -0.2) is 14.6 Å². The van der Waals surface area contributed by atoms with E-state index in [1.54, 1.807) is 25.8 Å². The molecule has 0 radical (unpaired) electrons. The topological polar surface area (TPSA) is 59.1 Å². The SMILES string of the molecule is CC(C)(C)OC(=O)N(C(=O)OCc1ccccc1)N1CCC2(CC2)C1. The molecule has 0 bridgehead atoms. The average Bonchev–Trinajstić information content (AvgIpc) is 3.17. The van der Waals surface area contributed by atoms with Crippen molar-refractivity contribution in [3.8, 4) is 0 Å². The second kappa shape index (κ2) is 6.67. The van der Waals surface area contributed by atoms with Crippen LogP contribution in [0.5, 0.6) is 0 Å². The number of carbonyl (C=O) groups is 2. The fraction of sp³-hybridized carbons (Fsp3) is 0.579. The summed E-state index contributed by atoms with van der Waals surface area (Å²) in [6, 6.07) is 9.41. The Morgan fingerprint density at radius 3 is 2.36 bits per heavy atom. The molecule has 2 amide bonds. The van der Waals surface area contributed by atoms with Crippen molar-refractivity contribution >= 4 is 12.2 Å². The van der Waals surface area contributed by atoms with E-state index in [2.05, 4.69) is 0 Å². The van der Waals surface area contributed by atoms with Crippen molar-refractivity contribution in [3.63, 3.8) is 0 Å². The molecule has 2 aliphatic rings. The van der Waals surface area contributed by atoms with Crippen LogP contribution in [-0.4, -0.2) is 40.9 Å². The molecule has 0 N–H and O–H groups in total. The Kier molecular flexibility index (Phi) is 4.73. The summed E-state index contributed by atoms with van der Waals surface area (Å²) in [5.41, 5.74) is 0.478. The molecule has 25 heavy (non-hydrogen) atoms. The zero-order valence-corrected chi connectivity index (χ0v) is 15.2.